The smallest absolute Gasteiger partial charge is 0.223 e. The van der Waals surface area contributed by atoms with Gasteiger partial charge >= 0.3 is 0 Å². The zero-order valence-corrected chi connectivity index (χ0v) is 17.2. The van der Waals surface area contributed by atoms with Crippen LogP contribution >= 0.6 is 0 Å². The first-order valence-electron chi connectivity index (χ1n) is 10.7. The number of nitrogens with zero attached hydrogens (tertiary/aromatic N) is 1. The minimum atomic E-state index is -0.321. The van der Waals surface area contributed by atoms with Gasteiger partial charge in [0.25, 0.3) is 0 Å². The number of benzene rings is 2. The molecule has 2 aliphatic rings. The van der Waals surface area contributed by atoms with Gasteiger partial charge in [-0.1, -0.05) is 18.2 Å². The maximum atomic E-state index is 14.0. The monoisotopic (exact) mass is 421 g/mol. The Morgan fingerprint density at radius 3 is 2.74 bits per heavy atom. The largest absolute Gasteiger partial charge is 0.486 e. The first kappa shape index (κ1) is 19.7. The van der Waals surface area contributed by atoms with Crippen molar-refractivity contribution in [1.29, 1.82) is 0 Å². The van der Waals surface area contributed by atoms with Crippen molar-refractivity contribution >= 4 is 5.91 Å². The van der Waals surface area contributed by atoms with Gasteiger partial charge in [-0.05, 0) is 54.8 Å². The van der Waals surface area contributed by atoms with Crippen LogP contribution in [0.15, 0.2) is 59.0 Å². The van der Waals surface area contributed by atoms with E-state index in [4.69, 9.17) is 13.9 Å². The van der Waals surface area contributed by atoms with E-state index in [9.17, 15) is 9.18 Å². The lowest BCUT2D eigenvalue weighted by Crippen LogP contribution is -2.30. The van der Waals surface area contributed by atoms with E-state index in [0.717, 1.165) is 36.4 Å². The van der Waals surface area contributed by atoms with E-state index >= 15 is 0 Å². The number of hydrogen-bond donors (Lipinski definition) is 0. The molecule has 1 atom stereocenters. The maximum absolute atomic E-state index is 14.0. The molecule has 0 N–H and O–H groups in total. The van der Waals surface area contributed by atoms with E-state index in [1.54, 1.807) is 24.3 Å². The standard InChI is InChI=1S/C25H24FNO4/c26-20-5-2-1-4-19(20)22-11-8-18(31-22)9-12-25(28)27-13-3-6-21(27)17-7-10-23-24(16-17)30-15-14-29-23/h1-2,4-5,7-8,10-11,16,21H,3,6,9,12-15H2. The molecular weight excluding hydrogens is 397 g/mol. The van der Waals surface area contributed by atoms with Gasteiger partial charge in [0.2, 0.25) is 5.91 Å². The molecule has 31 heavy (non-hydrogen) atoms. The van der Waals surface area contributed by atoms with Gasteiger partial charge in [0.05, 0.1) is 11.6 Å². The van der Waals surface area contributed by atoms with E-state index in [0.29, 0.717) is 43.1 Å². The van der Waals surface area contributed by atoms with Crippen LogP contribution in [0.25, 0.3) is 11.3 Å². The molecule has 1 unspecified atom stereocenters. The normalized spacial score (nSPS) is 17.7. The van der Waals surface area contributed by atoms with Crippen molar-refractivity contribution in [2.45, 2.75) is 31.7 Å². The molecule has 0 aliphatic carbocycles. The lowest BCUT2D eigenvalue weighted by molar-refractivity contribution is -0.132. The zero-order valence-electron chi connectivity index (χ0n) is 17.2. The number of amides is 1. The van der Waals surface area contributed by atoms with Crippen LogP contribution in [0.1, 0.15) is 36.6 Å². The van der Waals surface area contributed by atoms with Crippen molar-refractivity contribution in [3.63, 3.8) is 0 Å². The van der Waals surface area contributed by atoms with Crippen molar-refractivity contribution in [3.05, 3.63) is 71.7 Å². The number of ether oxygens (including phenoxy) is 2. The summed E-state index contributed by atoms with van der Waals surface area (Å²) >= 11 is 0. The van der Waals surface area contributed by atoms with E-state index in [-0.39, 0.29) is 17.8 Å². The zero-order chi connectivity index (χ0) is 21.2. The predicted molar refractivity (Wildman–Crippen MR) is 114 cm³/mol. The Balaban J connectivity index is 1.25. The minimum Gasteiger partial charge on any atom is -0.486 e. The number of halogens is 1. The third-order valence-electron chi connectivity index (χ3n) is 5.91. The Bertz CT molecular complexity index is 1090. The van der Waals surface area contributed by atoms with Crippen molar-refractivity contribution in [2.24, 2.45) is 0 Å². The fourth-order valence-corrected chi connectivity index (χ4v) is 4.37. The highest BCUT2D eigenvalue weighted by atomic mass is 19.1. The fraction of sp³-hybridized carbons (Fsp3) is 0.320. The van der Waals surface area contributed by atoms with Gasteiger partial charge in [0, 0.05) is 19.4 Å². The van der Waals surface area contributed by atoms with Gasteiger partial charge in [-0.15, -0.1) is 0 Å². The van der Waals surface area contributed by atoms with Crippen LogP contribution in [0, 0.1) is 5.82 Å². The van der Waals surface area contributed by atoms with Crippen molar-refractivity contribution in [3.8, 4) is 22.8 Å². The lowest BCUT2D eigenvalue weighted by atomic mass is 10.0. The summed E-state index contributed by atoms with van der Waals surface area (Å²) in [6, 6.07) is 16.1. The fourth-order valence-electron chi connectivity index (χ4n) is 4.37. The van der Waals surface area contributed by atoms with Gasteiger partial charge in [0.1, 0.15) is 30.6 Å². The number of likely N-dealkylation sites (tertiary alicyclic amines) is 1. The van der Waals surface area contributed by atoms with Gasteiger partial charge < -0.3 is 18.8 Å². The second kappa shape index (κ2) is 8.46. The second-order valence-corrected chi connectivity index (χ2v) is 7.89. The second-order valence-electron chi connectivity index (χ2n) is 7.89. The molecule has 160 valence electrons. The van der Waals surface area contributed by atoms with Crippen molar-refractivity contribution in [1.82, 2.24) is 4.90 Å². The van der Waals surface area contributed by atoms with Crippen LogP contribution < -0.4 is 9.47 Å². The Labute approximate surface area is 180 Å². The van der Waals surface area contributed by atoms with Crippen LogP contribution in [0.5, 0.6) is 11.5 Å². The van der Waals surface area contributed by atoms with E-state index in [1.807, 2.05) is 29.2 Å². The van der Waals surface area contributed by atoms with Crippen LogP contribution in [0.4, 0.5) is 4.39 Å². The third-order valence-corrected chi connectivity index (χ3v) is 5.91. The Morgan fingerprint density at radius 1 is 1.03 bits per heavy atom. The summed E-state index contributed by atoms with van der Waals surface area (Å²) in [4.78, 5) is 14.9. The topological polar surface area (TPSA) is 51.9 Å². The summed E-state index contributed by atoms with van der Waals surface area (Å²) in [5, 5.41) is 0. The van der Waals surface area contributed by atoms with Crippen LogP contribution in [-0.2, 0) is 11.2 Å². The molecule has 2 aromatic carbocycles. The summed E-state index contributed by atoms with van der Waals surface area (Å²) in [5.74, 6) is 2.45. The number of carbonyl (C=O) groups excluding carboxylic acids is 1. The molecule has 2 aliphatic heterocycles. The van der Waals surface area contributed by atoms with Crippen LogP contribution in [-0.4, -0.2) is 30.6 Å². The summed E-state index contributed by atoms with van der Waals surface area (Å²) in [7, 11) is 0. The number of aryl methyl sites for hydroxylation is 1. The first-order valence-corrected chi connectivity index (χ1v) is 10.7. The molecule has 1 aromatic heterocycles. The number of fused-ring (bicyclic) bond motifs is 1. The molecular formula is C25H24FNO4. The highest BCUT2D eigenvalue weighted by molar-refractivity contribution is 5.77. The summed E-state index contributed by atoms with van der Waals surface area (Å²) in [6.45, 7) is 1.85. The number of hydrogen-bond acceptors (Lipinski definition) is 4. The van der Waals surface area contributed by atoms with Crippen molar-refractivity contribution in [2.75, 3.05) is 19.8 Å². The Kier molecular flexibility index (Phi) is 5.37. The quantitative estimate of drug-likeness (QED) is 0.572. The molecule has 1 amide bonds. The predicted octanol–water partition coefficient (Wildman–Crippen LogP) is 5.15. The molecule has 5 nitrogen and oxygen atoms in total. The average Bonchev–Trinajstić information content (AvgIpc) is 3.47. The van der Waals surface area contributed by atoms with Gasteiger partial charge in [0.15, 0.2) is 11.5 Å². The number of furan rings is 1. The van der Waals surface area contributed by atoms with Crippen molar-refractivity contribution < 1.29 is 23.1 Å². The number of carbonyl (C=O) groups is 1. The van der Waals surface area contributed by atoms with Gasteiger partial charge in [-0.25, -0.2) is 4.39 Å². The summed E-state index contributed by atoms with van der Waals surface area (Å²) < 4.78 is 31.1. The molecule has 1 fully saturated rings. The summed E-state index contributed by atoms with van der Waals surface area (Å²) in [5.41, 5.74) is 1.51. The molecule has 3 heterocycles. The van der Waals surface area contributed by atoms with Crippen LogP contribution in [0.3, 0.4) is 0 Å². The molecule has 0 bridgehead atoms. The maximum Gasteiger partial charge on any atom is 0.223 e. The highest BCUT2D eigenvalue weighted by Gasteiger charge is 2.30. The first-order chi connectivity index (χ1) is 15.2. The highest BCUT2D eigenvalue weighted by Crippen LogP contribution is 2.38. The average molecular weight is 421 g/mol. The molecule has 0 spiro atoms. The molecule has 1 saturated heterocycles. The molecule has 6 heteroatoms. The van der Waals surface area contributed by atoms with Crippen LogP contribution in [0.2, 0.25) is 0 Å². The number of rotatable bonds is 5. The molecule has 0 radical (unpaired) electrons. The van der Waals surface area contributed by atoms with E-state index in [1.165, 1.54) is 6.07 Å². The third kappa shape index (κ3) is 4.02. The van der Waals surface area contributed by atoms with E-state index in [2.05, 4.69) is 0 Å². The molecule has 0 saturated carbocycles. The SMILES string of the molecule is O=C(CCc1ccc(-c2ccccc2F)o1)N1CCCC1c1ccc2c(c1)OCCO2. The van der Waals surface area contributed by atoms with Gasteiger partial charge in [-0.2, -0.15) is 0 Å². The Morgan fingerprint density at radius 2 is 1.87 bits per heavy atom. The van der Waals surface area contributed by atoms with Gasteiger partial charge in [-0.3, -0.25) is 4.79 Å². The minimum absolute atomic E-state index is 0.0499. The molecule has 3 aromatic rings. The molecule has 5 rings (SSSR count). The van der Waals surface area contributed by atoms with E-state index < -0.39 is 0 Å². The lowest BCUT2D eigenvalue weighted by Gasteiger charge is -2.26. The Hall–Kier alpha value is -3.28. The summed E-state index contributed by atoms with van der Waals surface area (Å²) in [6.07, 6.45) is 2.75.